The summed E-state index contributed by atoms with van der Waals surface area (Å²) in [5, 5.41) is 8.85. The van der Waals surface area contributed by atoms with Gasteiger partial charge in [-0.25, -0.2) is 10.9 Å². The number of nitrogens with one attached hydrogen (secondary N) is 2. The zero-order valence-electron chi connectivity index (χ0n) is 23.3. The van der Waals surface area contributed by atoms with Gasteiger partial charge < -0.3 is 27.8 Å². The highest BCUT2D eigenvalue weighted by Gasteiger charge is 2.14. The van der Waals surface area contributed by atoms with Gasteiger partial charge in [-0.1, -0.05) is 31.9 Å². The fraction of sp³-hybridized carbons (Fsp3) is 0.143. The zero-order valence-corrected chi connectivity index (χ0v) is 30.4. The Morgan fingerprint density at radius 3 is 1.56 bits per heavy atom. The van der Waals surface area contributed by atoms with Crippen LogP contribution in [-0.2, 0) is 9.59 Å². The maximum atomic E-state index is 12.2. The molecule has 4 aromatic rings. The van der Waals surface area contributed by atoms with Crippen LogP contribution in [0.25, 0.3) is 0 Å². The summed E-state index contributed by atoms with van der Waals surface area (Å²) in [6, 6.07) is 13.8. The molecule has 0 spiro atoms. The van der Waals surface area contributed by atoms with Crippen LogP contribution in [0.3, 0.4) is 0 Å². The lowest BCUT2D eigenvalue weighted by atomic mass is 10.3. The fourth-order valence-corrected chi connectivity index (χ4v) is 6.70. The first-order valence-electron chi connectivity index (χ1n) is 12.5. The number of rotatable bonds is 14. The number of ether oxygens (including phenoxy) is 4. The molecule has 0 bridgehead atoms. The summed E-state index contributed by atoms with van der Waals surface area (Å²) in [5.74, 6) is 1.56. The number of hydrogen-bond acceptors (Lipinski definition) is 11. The Hall–Kier alpha value is -3.25. The zero-order chi connectivity index (χ0) is 32.3. The summed E-state index contributed by atoms with van der Waals surface area (Å²) < 4.78 is 35.9. The molecule has 0 saturated heterocycles. The minimum atomic E-state index is -0.476. The van der Waals surface area contributed by atoms with Crippen molar-refractivity contribution in [3.63, 3.8) is 0 Å². The number of hydrazone groups is 2. The molecule has 12 nitrogen and oxygen atoms in total. The van der Waals surface area contributed by atoms with Crippen LogP contribution in [0.4, 0.5) is 0 Å². The van der Waals surface area contributed by atoms with Crippen molar-refractivity contribution in [2.75, 3.05) is 27.4 Å². The Morgan fingerprint density at radius 2 is 1.16 bits per heavy atom. The fourth-order valence-electron chi connectivity index (χ4n) is 3.35. The topological polar surface area (TPSA) is 146 Å². The highest BCUT2D eigenvalue weighted by atomic mass is 79.9. The molecule has 2 heterocycles. The van der Waals surface area contributed by atoms with Gasteiger partial charge in [-0.15, -0.1) is 0 Å². The summed E-state index contributed by atoms with van der Waals surface area (Å²) in [5.41, 5.74) is 4.76. The summed E-state index contributed by atoms with van der Waals surface area (Å²) in [4.78, 5) is 24.3. The predicted molar refractivity (Wildman–Crippen MR) is 181 cm³/mol. The van der Waals surface area contributed by atoms with Crippen molar-refractivity contribution in [3.05, 3.63) is 77.9 Å². The maximum absolute atomic E-state index is 12.2. The lowest BCUT2D eigenvalue weighted by Gasteiger charge is -2.12. The standard InChI is InChI=1S/C28H22Br4N4O8S/c1-39-21-9-15(29)7-19(31)27(21)41-13-23(37)35-33-11-17-3-5-25(43-17)45-26-6-4-18(44-26)12-34-36-24(38)14-42-28-20(32)8-16(30)10-22(28)40-2/h3-12H,13-14H2,1-2H3,(H,35,37)(H,36,38)/b33-11+,34-12+. The molecule has 0 fully saturated rings. The molecular formula is C28H22Br4N4O8S. The molecular weight excluding hydrogens is 872 g/mol. The third-order valence-electron chi connectivity index (χ3n) is 5.25. The van der Waals surface area contributed by atoms with Crippen molar-refractivity contribution in [1.29, 1.82) is 0 Å². The number of furan rings is 2. The summed E-state index contributed by atoms with van der Waals surface area (Å²) >= 11 is 14.7. The lowest BCUT2D eigenvalue weighted by molar-refractivity contribution is -0.123. The van der Waals surface area contributed by atoms with Gasteiger partial charge in [0, 0.05) is 8.95 Å². The van der Waals surface area contributed by atoms with Crippen LogP contribution in [-0.4, -0.2) is 51.7 Å². The van der Waals surface area contributed by atoms with Crippen molar-refractivity contribution in [2.45, 2.75) is 10.2 Å². The van der Waals surface area contributed by atoms with Gasteiger partial charge >= 0.3 is 0 Å². The van der Waals surface area contributed by atoms with Crippen molar-refractivity contribution in [1.82, 2.24) is 10.9 Å². The Morgan fingerprint density at radius 1 is 0.733 bits per heavy atom. The molecule has 0 saturated carbocycles. The first-order chi connectivity index (χ1) is 21.6. The lowest BCUT2D eigenvalue weighted by Crippen LogP contribution is -2.24. The van der Waals surface area contributed by atoms with E-state index in [1.54, 1.807) is 48.5 Å². The molecule has 0 aliphatic carbocycles. The van der Waals surface area contributed by atoms with E-state index < -0.39 is 11.8 Å². The second kappa shape index (κ2) is 16.9. The number of amides is 2. The number of nitrogens with zero attached hydrogens (tertiary/aromatic N) is 2. The number of halogens is 4. The molecule has 0 aliphatic heterocycles. The SMILES string of the molecule is COc1cc(Br)cc(Br)c1OCC(=O)N/N=C/c1ccc(Sc2ccc(/C=N/NC(=O)COc3c(Br)cc(Br)cc3OC)o2)o1. The van der Waals surface area contributed by atoms with Gasteiger partial charge in [0.15, 0.2) is 46.4 Å². The van der Waals surface area contributed by atoms with Gasteiger partial charge in [0.1, 0.15) is 11.5 Å². The van der Waals surface area contributed by atoms with E-state index in [1.165, 1.54) is 38.4 Å². The number of methoxy groups -OCH3 is 2. The van der Waals surface area contributed by atoms with E-state index in [1.807, 2.05) is 0 Å². The molecule has 0 aliphatic rings. The molecule has 0 atom stereocenters. The molecule has 2 aromatic carbocycles. The Bertz CT molecular complexity index is 1600. The van der Waals surface area contributed by atoms with Crippen molar-refractivity contribution in [2.24, 2.45) is 10.2 Å². The van der Waals surface area contributed by atoms with Gasteiger partial charge in [-0.2, -0.15) is 10.2 Å². The number of benzene rings is 2. The van der Waals surface area contributed by atoms with Crippen molar-refractivity contribution >= 4 is 99.7 Å². The molecule has 4 rings (SSSR count). The molecule has 17 heteroatoms. The average molecular weight is 894 g/mol. The second-order valence-corrected chi connectivity index (χ2v) is 13.0. The largest absolute Gasteiger partial charge is 0.493 e. The van der Waals surface area contributed by atoms with Crippen LogP contribution in [0.2, 0.25) is 0 Å². The minimum absolute atomic E-state index is 0.284. The smallest absolute Gasteiger partial charge is 0.277 e. The molecule has 236 valence electrons. The molecule has 2 N–H and O–H groups in total. The molecule has 0 unspecified atom stereocenters. The highest BCUT2D eigenvalue weighted by Crippen LogP contribution is 2.39. The van der Waals surface area contributed by atoms with Crippen LogP contribution in [0.1, 0.15) is 11.5 Å². The maximum Gasteiger partial charge on any atom is 0.277 e. The van der Waals surface area contributed by atoms with Gasteiger partial charge in [-0.3, -0.25) is 9.59 Å². The molecule has 45 heavy (non-hydrogen) atoms. The molecule has 2 amide bonds. The number of carbonyl (C=O) groups is 2. The van der Waals surface area contributed by atoms with E-state index in [0.717, 1.165) is 8.95 Å². The predicted octanol–water partition coefficient (Wildman–Crippen LogP) is 7.15. The van der Waals surface area contributed by atoms with E-state index in [0.29, 0.717) is 53.6 Å². The van der Waals surface area contributed by atoms with Gasteiger partial charge in [0.05, 0.1) is 35.6 Å². The quantitative estimate of drug-likeness (QED) is 0.0996. The van der Waals surface area contributed by atoms with Crippen LogP contribution in [0.5, 0.6) is 23.0 Å². The number of carbonyl (C=O) groups excluding carboxylic acids is 2. The number of hydrogen-bond donors (Lipinski definition) is 2. The highest BCUT2D eigenvalue weighted by molar-refractivity contribution is 9.11. The van der Waals surface area contributed by atoms with Crippen LogP contribution in [0, 0.1) is 0 Å². The first-order valence-corrected chi connectivity index (χ1v) is 16.5. The van der Waals surface area contributed by atoms with Crippen LogP contribution >= 0.6 is 75.5 Å². The third kappa shape index (κ3) is 10.4. The second-order valence-electron chi connectivity index (χ2n) is 8.42. The third-order valence-corrected chi connectivity index (χ3v) is 8.19. The molecule has 2 aromatic heterocycles. The van der Waals surface area contributed by atoms with Crippen LogP contribution < -0.4 is 29.8 Å². The van der Waals surface area contributed by atoms with E-state index in [2.05, 4.69) is 84.8 Å². The van der Waals surface area contributed by atoms with Gasteiger partial charge in [0.25, 0.3) is 11.8 Å². The van der Waals surface area contributed by atoms with Gasteiger partial charge in [-0.05, 0) is 92.2 Å². The summed E-state index contributed by atoms with van der Waals surface area (Å²) in [7, 11) is 3.01. The Kier molecular flexibility index (Phi) is 13.0. The van der Waals surface area contributed by atoms with E-state index in [-0.39, 0.29) is 13.2 Å². The summed E-state index contributed by atoms with van der Waals surface area (Å²) in [6.45, 7) is -0.567. The van der Waals surface area contributed by atoms with Crippen LogP contribution in [0.15, 0.2) is 95.6 Å². The normalized spacial score (nSPS) is 11.2. The monoisotopic (exact) mass is 890 g/mol. The Labute approximate surface area is 294 Å². The van der Waals surface area contributed by atoms with Gasteiger partial charge in [0.2, 0.25) is 0 Å². The summed E-state index contributed by atoms with van der Waals surface area (Å²) in [6.07, 6.45) is 2.71. The first kappa shape index (κ1) is 34.6. The van der Waals surface area contributed by atoms with Crippen molar-refractivity contribution in [3.8, 4) is 23.0 Å². The Balaban J connectivity index is 1.20. The van der Waals surface area contributed by atoms with E-state index >= 15 is 0 Å². The van der Waals surface area contributed by atoms with E-state index in [9.17, 15) is 9.59 Å². The van der Waals surface area contributed by atoms with E-state index in [4.69, 9.17) is 27.8 Å². The average Bonchev–Trinajstić information content (AvgIpc) is 3.64. The van der Waals surface area contributed by atoms with Crippen molar-refractivity contribution < 1.29 is 37.4 Å². The minimum Gasteiger partial charge on any atom is -0.493 e. The molecule has 0 radical (unpaired) electrons.